The van der Waals surface area contributed by atoms with Crippen LogP contribution in [0.1, 0.15) is 90.9 Å². The average molecular weight is 305 g/mol. The lowest BCUT2D eigenvalue weighted by Gasteiger charge is -2.00. The molecule has 0 aliphatic rings. The summed E-state index contributed by atoms with van der Waals surface area (Å²) >= 11 is 0. The molecule has 0 unspecified atom stereocenters. The van der Waals surface area contributed by atoms with Crippen molar-refractivity contribution in [2.75, 3.05) is 0 Å². The van der Waals surface area contributed by atoms with E-state index in [0.29, 0.717) is 5.78 Å². The van der Waals surface area contributed by atoms with Crippen LogP contribution < -0.4 is 0 Å². The minimum Gasteiger partial charge on any atom is -0.300 e. The summed E-state index contributed by atoms with van der Waals surface area (Å²) in [6, 6.07) is 0. The van der Waals surface area contributed by atoms with Crippen LogP contribution in [0.25, 0.3) is 0 Å². The second kappa shape index (κ2) is 17.9. The first-order valence-electron chi connectivity index (χ1n) is 9.27. The molecule has 0 rings (SSSR count). The molecule has 0 aromatic rings. The van der Waals surface area contributed by atoms with Crippen molar-refractivity contribution in [3.8, 4) is 0 Å². The molecule has 0 aliphatic carbocycles. The summed E-state index contributed by atoms with van der Waals surface area (Å²) in [6.07, 6.45) is 26.6. The Balaban J connectivity index is 3.27. The van der Waals surface area contributed by atoms with Gasteiger partial charge in [-0.1, -0.05) is 69.6 Å². The molecule has 0 fully saturated rings. The molecule has 126 valence electrons. The summed E-state index contributed by atoms with van der Waals surface area (Å²) < 4.78 is 0. The highest BCUT2D eigenvalue weighted by Gasteiger charge is 1.99. The molecule has 0 aromatic heterocycles. The Labute approximate surface area is 138 Å². The molecular weight excluding hydrogens is 268 g/mol. The highest BCUT2D eigenvalue weighted by atomic mass is 16.1. The van der Waals surface area contributed by atoms with E-state index in [2.05, 4.69) is 50.3 Å². The fourth-order valence-corrected chi connectivity index (χ4v) is 2.35. The molecule has 0 saturated carbocycles. The number of carbonyl (C=O) groups is 1. The van der Waals surface area contributed by atoms with E-state index in [1.54, 1.807) is 0 Å². The van der Waals surface area contributed by atoms with Gasteiger partial charge in [-0.05, 0) is 44.9 Å². The molecule has 0 heterocycles. The van der Waals surface area contributed by atoms with Gasteiger partial charge in [-0.3, -0.25) is 4.79 Å². The Morgan fingerprint density at radius 1 is 0.682 bits per heavy atom. The Bertz CT molecular complexity index is 323. The highest BCUT2D eigenvalue weighted by Crippen LogP contribution is 2.09. The molecule has 22 heavy (non-hydrogen) atoms. The van der Waals surface area contributed by atoms with Crippen molar-refractivity contribution in [2.45, 2.75) is 90.9 Å². The largest absolute Gasteiger partial charge is 0.300 e. The van der Waals surface area contributed by atoms with E-state index in [4.69, 9.17) is 0 Å². The van der Waals surface area contributed by atoms with E-state index in [9.17, 15) is 4.79 Å². The van der Waals surface area contributed by atoms with Crippen molar-refractivity contribution in [2.24, 2.45) is 0 Å². The van der Waals surface area contributed by atoms with E-state index in [1.807, 2.05) is 0 Å². The predicted molar refractivity (Wildman–Crippen MR) is 99.2 cm³/mol. The highest BCUT2D eigenvalue weighted by molar-refractivity contribution is 5.78. The quantitative estimate of drug-likeness (QED) is 0.236. The number of rotatable bonds is 15. The number of hydrogen-bond donors (Lipinski definition) is 0. The summed E-state index contributed by atoms with van der Waals surface area (Å²) in [6.45, 7) is 4.24. The minimum absolute atomic E-state index is 0.448. The van der Waals surface area contributed by atoms with E-state index < -0.39 is 0 Å². The van der Waals surface area contributed by atoms with Crippen LogP contribution in [0.3, 0.4) is 0 Å². The predicted octanol–water partition coefficient (Wildman–Crippen LogP) is 6.95. The third-order valence-corrected chi connectivity index (χ3v) is 3.64. The summed E-state index contributed by atoms with van der Waals surface area (Å²) in [5, 5.41) is 0. The van der Waals surface area contributed by atoms with Crippen LogP contribution in [0.5, 0.6) is 0 Å². The minimum atomic E-state index is 0.448. The topological polar surface area (TPSA) is 17.1 Å². The Morgan fingerprint density at radius 3 is 1.95 bits per heavy atom. The van der Waals surface area contributed by atoms with E-state index in [-0.39, 0.29) is 0 Å². The van der Waals surface area contributed by atoms with Crippen molar-refractivity contribution in [3.63, 3.8) is 0 Å². The normalized spacial score (nSPS) is 12.1. The van der Waals surface area contributed by atoms with Crippen LogP contribution >= 0.6 is 0 Å². The molecule has 1 nitrogen and oxygen atoms in total. The Kier molecular flexibility index (Phi) is 17.0. The molecule has 0 atom stereocenters. The molecule has 0 N–H and O–H groups in total. The maximum atomic E-state index is 11.4. The van der Waals surface area contributed by atoms with Crippen LogP contribution in [0.4, 0.5) is 0 Å². The third kappa shape index (κ3) is 16.9. The monoisotopic (exact) mass is 304 g/mol. The maximum Gasteiger partial charge on any atom is 0.132 e. The van der Waals surface area contributed by atoms with Crippen molar-refractivity contribution in [1.82, 2.24) is 0 Å². The number of ketones is 1. The number of unbranched alkanes of at least 4 members (excludes halogenated alkanes) is 5. The number of carbonyl (C=O) groups excluding carboxylic acids is 1. The van der Waals surface area contributed by atoms with Crippen molar-refractivity contribution in [3.05, 3.63) is 36.5 Å². The van der Waals surface area contributed by atoms with Gasteiger partial charge in [-0.15, -0.1) is 0 Å². The molecule has 1 heteroatoms. The number of Topliss-reactive ketones (excluding diaryl/α,β-unsaturated/α-hetero) is 1. The maximum absolute atomic E-state index is 11.4. The first kappa shape index (κ1) is 20.9. The van der Waals surface area contributed by atoms with Gasteiger partial charge in [-0.25, -0.2) is 0 Å². The standard InChI is InChI=1S/C21H36O/c1-3-5-6-7-8-9-10-11-12-13-14-15-16-17-18-20-21(22)19-4-2/h5-6,8-9,11-12H,3-4,7,10,13-20H2,1-2H3/b6-5-,9-8-,12-11-. The summed E-state index contributed by atoms with van der Waals surface area (Å²) in [7, 11) is 0. The first-order valence-corrected chi connectivity index (χ1v) is 9.27. The van der Waals surface area contributed by atoms with Gasteiger partial charge in [0.2, 0.25) is 0 Å². The van der Waals surface area contributed by atoms with Gasteiger partial charge in [0.25, 0.3) is 0 Å². The van der Waals surface area contributed by atoms with Crippen molar-refractivity contribution < 1.29 is 4.79 Å². The molecule has 0 spiro atoms. The zero-order valence-electron chi connectivity index (χ0n) is 14.9. The molecule has 0 radical (unpaired) electrons. The van der Waals surface area contributed by atoms with E-state index >= 15 is 0 Å². The van der Waals surface area contributed by atoms with Crippen LogP contribution in [0.2, 0.25) is 0 Å². The summed E-state index contributed by atoms with van der Waals surface area (Å²) in [4.78, 5) is 11.4. The molecule has 0 amide bonds. The smallest absolute Gasteiger partial charge is 0.132 e. The van der Waals surface area contributed by atoms with Gasteiger partial charge in [0.1, 0.15) is 5.78 Å². The second-order valence-corrected chi connectivity index (χ2v) is 5.89. The fraction of sp³-hybridized carbons (Fsp3) is 0.667. The first-order chi connectivity index (χ1) is 10.8. The number of hydrogen-bond acceptors (Lipinski definition) is 1. The molecule has 0 bridgehead atoms. The Morgan fingerprint density at radius 2 is 1.27 bits per heavy atom. The molecular formula is C21H36O. The van der Waals surface area contributed by atoms with E-state index in [0.717, 1.165) is 44.9 Å². The SMILES string of the molecule is CC/C=C\C/C=C\C/C=C\CCCCCCCC(=O)CCC. The molecule has 0 aromatic carbocycles. The third-order valence-electron chi connectivity index (χ3n) is 3.64. The van der Waals surface area contributed by atoms with Gasteiger partial charge in [-0.2, -0.15) is 0 Å². The van der Waals surface area contributed by atoms with Gasteiger partial charge in [0.05, 0.1) is 0 Å². The zero-order valence-corrected chi connectivity index (χ0v) is 14.9. The lowest BCUT2D eigenvalue weighted by Crippen LogP contribution is -1.96. The molecule has 0 aliphatic heterocycles. The molecule has 0 saturated heterocycles. The van der Waals surface area contributed by atoms with Crippen LogP contribution in [-0.2, 0) is 4.79 Å². The summed E-state index contributed by atoms with van der Waals surface area (Å²) in [5.41, 5.74) is 0. The second-order valence-electron chi connectivity index (χ2n) is 5.89. The van der Waals surface area contributed by atoms with Crippen LogP contribution in [0, 0.1) is 0 Å². The van der Waals surface area contributed by atoms with Gasteiger partial charge < -0.3 is 0 Å². The fourth-order valence-electron chi connectivity index (χ4n) is 2.35. The zero-order chi connectivity index (χ0) is 16.3. The number of allylic oxidation sites excluding steroid dienone is 6. The van der Waals surface area contributed by atoms with Crippen LogP contribution in [-0.4, -0.2) is 5.78 Å². The van der Waals surface area contributed by atoms with Crippen molar-refractivity contribution >= 4 is 5.78 Å². The lowest BCUT2D eigenvalue weighted by molar-refractivity contribution is -0.119. The lowest BCUT2D eigenvalue weighted by atomic mass is 10.1. The van der Waals surface area contributed by atoms with Gasteiger partial charge >= 0.3 is 0 Å². The van der Waals surface area contributed by atoms with Gasteiger partial charge in [0.15, 0.2) is 0 Å². The Hall–Kier alpha value is -1.11. The average Bonchev–Trinajstić information content (AvgIpc) is 2.51. The van der Waals surface area contributed by atoms with E-state index in [1.165, 1.54) is 32.1 Å². The van der Waals surface area contributed by atoms with Crippen molar-refractivity contribution in [1.29, 1.82) is 0 Å². The summed E-state index contributed by atoms with van der Waals surface area (Å²) in [5.74, 6) is 0.448. The van der Waals surface area contributed by atoms with Gasteiger partial charge in [0, 0.05) is 12.8 Å². The van der Waals surface area contributed by atoms with Crippen LogP contribution in [0.15, 0.2) is 36.5 Å².